The van der Waals surface area contributed by atoms with Crippen molar-refractivity contribution in [1.29, 1.82) is 0 Å². The quantitative estimate of drug-likeness (QED) is 0.174. The van der Waals surface area contributed by atoms with Gasteiger partial charge in [-0.2, -0.15) is 0 Å². The van der Waals surface area contributed by atoms with Crippen molar-refractivity contribution in [3.05, 3.63) is 104 Å². The largest absolute Gasteiger partial charge is 0.490 e. The molecule has 5 rings (SSSR count). The van der Waals surface area contributed by atoms with Crippen LogP contribution < -0.4 is 20.7 Å². The molecule has 0 atom stereocenters. The normalized spacial score (nSPS) is 11.0. The highest BCUT2D eigenvalue weighted by Crippen LogP contribution is 2.32. The van der Waals surface area contributed by atoms with Gasteiger partial charge >= 0.3 is 17.2 Å². The number of rotatable bonds is 5. The molecular formula is C27H17ClO7. The van der Waals surface area contributed by atoms with E-state index < -0.39 is 17.2 Å². The number of halogens is 1. The second-order valence-corrected chi connectivity index (χ2v) is 7.97. The van der Waals surface area contributed by atoms with Gasteiger partial charge in [0.1, 0.15) is 11.3 Å². The predicted octanol–water partition coefficient (Wildman–Crippen LogP) is 5.84. The monoisotopic (exact) mass is 488 g/mol. The van der Waals surface area contributed by atoms with Gasteiger partial charge in [-0.25, -0.2) is 14.4 Å². The number of carbonyl (C=O) groups excluding carboxylic acids is 1. The van der Waals surface area contributed by atoms with Gasteiger partial charge in [-0.05, 0) is 43.3 Å². The van der Waals surface area contributed by atoms with Crippen molar-refractivity contribution in [1.82, 2.24) is 0 Å². The molecule has 35 heavy (non-hydrogen) atoms. The molecule has 2 heterocycles. The van der Waals surface area contributed by atoms with Crippen LogP contribution >= 0.6 is 11.6 Å². The molecule has 0 unspecified atom stereocenters. The second-order valence-electron chi connectivity index (χ2n) is 7.56. The minimum absolute atomic E-state index is 0.138. The number of hydrogen-bond acceptors (Lipinski definition) is 7. The van der Waals surface area contributed by atoms with Crippen molar-refractivity contribution in [3.8, 4) is 22.6 Å². The molecular weight excluding hydrogens is 472 g/mol. The maximum absolute atomic E-state index is 12.9. The van der Waals surface area contributed by atoms with E-state index in [0.717, 1.165) is 0 Å². The summed E-state index contributed by atoms with van der Waals surface area (Å²) in [4.78, 5) is 37.8. The van der Waals surface area contributed by atoms with Gasteiger partial charge in [0.25, 0.3) is 0 Å². The molecule has 0 spiro atoms. The molecule has 0 amide bonds. The molecule has 7 nitrogen and oxygen atoms in total. The predicted molar refractivity (Wildman–Crippen MR) is 132 cm³/mol. The number of hydrogen-bond donors (Lipinski definition) is 0. The summed E-state index contributed by atoms with van der Waals surface area (Å²) in [5.74, 6) is -0.0561. The van der Waals surface area contributed by atoms with Gasteiger partial charge in [0.2, 0.25) is 0 Å². The Morgan fingerprint density at radius 1 is 0.914 bits per heavy atom. The Labute approximate surface area is 203 Å². The van der Waals surface area contributed by atoms with Crippen molar-refractivity contribution < 1.29 is 23.1 Å². The third-order valence-electron chi connectivity index (χ3n) is 5.33. The van der Waals surface area contributed by atoms with Crippen molar-refractivity contribution in [3.63, 3.8) is 0 Å². The van der Waals surface area contributed by atoms with E-state index in [1.807, 2.05) is 6.92 Å². The average Bonchev–Trinajstić information content (AvgIpc) is 2.84. The lowest BCUT2D eigenvalue weighted by molar-refractivity contribution is 0.0735. The van der Waals surface area contributed by atoms with Crippen LogP contribution in [0.3, 0.4) is 0 Å². The molecule has 0 N–H and O–H groups in total. The second kappa shape index (κ2) is 9.12. The minimum Gasteiger partial charge on any atom is -0.490 e. The first kappa shape index (κ1) is 22.4. The van der Waals surface area contributed by atoms with E-state index in [4.69, 9.17) is 29.9 Å². The van der Waals surface area contributed by atoms with Crippen LogP contribution in [0, 0.1) is 0 Å². The van der Waals surface area contributed by atoms with Crippen LogP contribution in [0.15, 0.2) is 91.2 Å². The van der Waals surface area contributed by atoms with E-state index in [0.29, 0.717) is 34.3 Å². The zero-order valence-electron chi connectivity index (χ0n) is 18.4. The van der Waals surface area contributed by atoms with Gasteiger partial charge in [0.15, 0.2) is 11.3 Å². The lowest BCUT2D eigenvalue weighted by Crippen LogP contribution is -2.09. The summed E-state index contributed by atoms with van der Waals surface area (Å²) in [6, 6.07) is 19.2. The fourth-order valence-corrected chi connectivity index (χ4v) is 4.01. The number of esters is 1. The highest BCUT2D eigenvalue weighted by Gasteiger charge is 2.17. The molecule has 8 heteroatoms. The standard InChI is InChI=1S/C27H17ClO7/c1-2-32-22-9-5-6-15-12-20(27(31)35-25(15)22)19-14-24(29)34-23-13-16(10-11-17(19)23)33-26(30)18-7-3-4-8-21(18)28/h3-14H,2H2,1H3. The molecule has 3 aromatic carbocycles. The van der Waals surface area contributed by atoms with Crippen LogP contribution in [-0.2, 0) is 0 Å². The van der Waals surface area contributed by atoms with Crippen LogP contribution in [0.2, 0.25) is 5.02 Å². The fourth-order valence-electron chi connectivity index (χ4n) is 3.79. The first-order valence-corrected chi connectivity index (χ1v) is 11.1. The molecule has 0 aliphatic carbocycles. The Morgan fingerprint density at radius 3 is 2.54 bits per heavy atom. The Hall–Kier alpha value is -4.36. The Kier molecular flexibility index (Phi) is 5.84. The maximum Gasteiger partial charge on any atom is 0.345 e. The zero-order valence-corrected chi connectivity index (χ0v) is 19.1. The Morgan fingerprint density at radius 2 is 1.74 bits per heavy atom. The van der Waals surface area contributed by atoms with Crippen LogP contribution in [-0.4, -0.2) is 12.6 Å². The summed E-state index contributed by atoms with van der Waals surface area (Å²) in [5.41, 5.74) is -0.133. The zero-order chi connectivity index (χ0) is 24.5. The van der Waals surface area contributed by atoms with Crippen molar-refractivity contribution in [2.45, 2.75) is 6.92 Å². The number of fused-ring (bicyclic) bond motifs is 2. The molecule has 0 saturated heterocycles. The highest BCUT2D eigenvalue weighted by molar-refractivity contribution is 6.33. The lowest BCUT2D eigenvalue weighted by atomic mass is 10.0. The topological polar surface area (TPSA) is 96.0 Å². The van der Waals surface area contributed by atoms with E-state index in [2.05, 4.69) is 0 Å². The van der Waals surface area contributed by atoms with E-state index >= 15 is 0 Å². The molecule has 0 bridgehead atoms. The average molecular weight is 489 g/mol. The number of benzene rings is 3. The van der Waals surface area contributed by atoms with Crippen LogP contribution in [0.1, 0.15) is 17.3 Å². The summed E-state index contributed by atoms with van der Waals surface area (Å²) in [5, 5.41) is 1.36. The van der Waals surface area contributed by atoms with Gasteiger partial charge in [0.05, 0.1) is 22.8 Å². The number of ether oxygens (including phenoxy) is 2. The van der Waals surface area contributed by atoms with Gasteiger partial charge in [-0.1, -0.05) is 35.9 Å². The molecule has 5 aromatic rings. The van der Waals surface area contributed by atoms with Gasteiger partial charge in [-0.15, -0.1) is 0 Å². The molecule has 0 radical (unpaired) electrons. The summed E-state index contributed by atoms with van der Waals surface area (Å²) >= 11 is 6.07. The van der Waals surface area contributed by atoms with E-state index in [-0.39, 0.29) is 27.5 Å². The van der Waals surface area contributed by atoms with Crippen molar-refractivity contribution in [2.75, 3.05) is 6.61 Å². The summed E-state index contributed by atoms with van der Waals surface area (Å²) in [6.07, 6.45) is 0. The summed E-state index contributed by atoms with van der Waals surface area (Å²) in [6.45, 7) is 2.25. The molecule has 174 valence electrons. The third-order valence-corrected chi connectivity index (χ3v) is 5.66. The van der Waals surface area contributed by atoms with Crippen LogP contribution in [0.4, 0.5) is 0 Å². The maximum atomic E-state index is 12.9. The minimum atomic E-state index is -0.676. The third kappa shape index (κ3) is 4.29. The highest BCUT2D eigenvalue weighted by atomic mass is 35.5. The van der Waals surface area contributed by atoms with Crippen LogP contribution in [0.25, 0.3) is 33.1 Å². The number of para-hydroxylation sites is 1. The first-order chi connectivity index (χ1) is 16.9. The summed E-state index contributed by atoms with van der Waals surface area (Å²) in [7, 11) is 0. The van der Waals surface area contributed by atoms with Crippen molar-refractivity contribution in [2.24, 2.45) is 0 Å². The van der Waals surface area contributed by atoms with E-state index in [1.54, 1.807) is 54.6 Å². The first-order valence-electron chi connectivity index (χ1n) is 10.7. The van der Waals surface area contributed by atoms with Gasteiger partial charge in [0, 0.05) is 28.5 Å². The Bertz CT molecular complexity index is 1720. The molecule has 0 fully saturated rings. The van der Waals surface area contributed by atoms with Gasteiger partial charge < -0.3 is 18.3 Å². The molecule has 2 aromatic heterocycles. The fraction of sp³-hybridized carbons (Fsp3) is 0.0741. The summed E-state index contributed by atoms with van der Waals surface area (Å²) < 4.78 is 21.8. The Balaban J connectivity index is 1.59. The molecule has 0 saturated carbocycles. The van der Waals surface area contributed by atoms with Crippen molar-refractivity contribution >= 4 is 39.5 Å². The SMILES string of the molecule is CCOc1cccc2cc(-c3cc(=O)oc4cc(OC(=O)c5ccccc5Cl)ccc34)c(=O)oc12. The number of carbonyl (C=O) groups is 1. The van der Waals surface area contributed by atoms with Gasteiger partial charge in [-0.3, -0.25) is 0 Å². The van der Waals surface area contributed by atoms with E-state index in [9.17, 15) is 14.4 Å². The van der Waals surface area contributed by atoms with Crippen LogP contribution in [0.5, 0.6) is 11.5 Å². The van der Waals surface area contributed by atoms with E-state index in [1.165, 1.54) is 18.2 Å². The smallest absolute Gasteiger partial charge is 0.345 e. The molecule has 0 aliphatic rings. The lowest BCUT2D eigenvalue weighted by Gasteiger charge is -2.10. The molecule has 0 aliphatic heterocycles.